The summed E-state index contributed by atoms with van der Waals surface area (Å²) in [7, 11) is 0. The molecule has 1 aliphatic heterocycles. The first-order valence-electron chi connectivity index (χ1n) is 7.87. The minimum atomic E-state index is -0.957. The molecule has 0 spiro atoms. The summed E-state index contributed by atoms with van der Waals surface area (Å²) >= 11 is 13.3. The van der Waals surface area contributed by atoms with Crippen molar-refractivity contribution in [1.82, 2.24) is 9.97 Å². The quantitative estimate of drug-likeness (QED) is 0.730. The van der Waals surface area contributed by atoms with Gasteiger partial charge in [-0.1, -0.05) is 34.5 Å². The molecule has 0 atom stereocenters. The molecule has 0 amide bonds. The lowest BCUT2D eigenvalue weighted by molar-refractivity contribution is 0.0701. The van der Waals surface area contributed by atoms with E-state index in [0.29, 0.717) is 27.9 Å². The number of anilines is 1. The normalized spacial score (nSPS) is 15.6. The summed E-state index contributed by atoms with van der Waals surface area (Å²) in [6, 6.07) is 0. The standard InChI is InChI=1S/C16H17Cl2N3O3S/c1-8-12(17)13(18)14(20-8)10(22)6-9-2-4-21(5-3-9)16-19-7-11(25-16)15(23)24/h7,9,20H,2-6H2,1H3,(H,23,24). The summed E-state index contributed by atoms with van der Waals surface area (Å²) in [5.74, 6) is -0.719. The maximum atomic E-state index is 12.5. The number of aromatic carboxylic acids is 1. The van der Waals surface area contributed by atoms with Gasteiger partial charge in [0, 0.05) is 25.2 Å². The van der Waals surface area contributed by atoms with Crippen LogP contribution in [0, 0.1) is 12.8 Å². The van der Waals surface area contributed by atoms with Crippen LogP contribution in [-0.4, -0.2) is 39.9 Å². The Morgan fingerprint density at radius 3 is 2.56 bits per heavy atom. The van der Waals surface area contributed by atoms with Crippen LogP contribution in [0.1, 0.15) is 45.1 Å². The fraction of sp³-hybridized carbons (Fsp3) is 0.438. The lowest BCUT2D eigenvalue weighted by Crippen LogP contribution is -2.34. The Hall–Kier alpha value is -1.57. The summed E-state index contributed by atoms with van der Waals surface area (Å²) < 4.78 is 0. The summed E-state index contributed by atoms with van der Waals surface area (Å²) in [5, 5.41) is 10.4. The highest BCUT2D eigenvalue weighted by molar-refractivity contribution is 7.17. The van der Waals surface area contributed by atoms with Gasteiger partial charge in [-0.2, -0.15) is 0 Å². The zero-order valence-electron chi connectivity index (χ0n) is 13.5. The van der Waals surface area contributed by atoms with Gasteiger partial charge >= 0.3 is 5.97 Å². The van der Waals surface area contributed by atoms with Crippen LogP contribution in [0.2, 0.25) is 10.0 Å². The number of carboxylic acid groups (broad SMARTS) is 1. The third kappa shape index (κ3) is 3.83. The van der Waals surface area contributed by atoms with Crippen molar-refractivity contribution in [3.8, 4) is 0 Å². The number of piperidine rings is 1. The maximum Gasteiger partial charge on any atom is 0.347 e. The van der Waals surface area contributed by atoms with E-state index in [9.17, 15) is 9.59 Å². The SMILES string of the molecule is Cc1[nH]c(C(=O)CC2CCN(c3ncc(C(=O)O)s3)CC2)c(Cl)c1Cl. The molecular formula is C16H17Cl2N3O3S. The van der Waals surface area contributed by atoms with Crippen molar-refractivity contribution in [2.75, 3.05) is 18.0 Å². The van der Waals surface area contributed by atoms with Gasteiger partial charge in [-0.3, -0.25) is 4.79 Å². The molecule has 0 unspecified atom stereocenters. The molecule has 2 aromatic rings. The first kappa shape index (κ1) is 18.2. The van der Waals surface area contributed by atoms with Crippen molar-refractivity contribution in [3.63, 3.8) is 0 Å². The van der Waals surface area contributed by atoms with Crippen LogP contribution >= 0.6 is 34.5 Å². The largest absolute Gasteiger partial charge is 0.477 e. The smallest absolute Gasteiger partial charge is 0.347 e. The molecule has 1 aliphatic rings. The number of halogens is 2. The van der Waals surface area contributed by atoms with Gasteiger partial charge in [0.25, 0.3) is 0 Å². The van der Waals surface area contributed by atoms with E-state index >= 15 is 0 Å². The minimum Gasteiger partial charge on any atom is -0.477 e. The number of nitrogens with one attached hydrogen (secondary N) is 1. The minimum absolute atomic E-state index is 0.0270. The van der Waals surface area contributed by atoms with Gasteiger partial charge in [-0.05, 0) is 25.7 Å². The molecule has 6 nitrogen and oxygen atoms in total. The number of hydrogen-bond donors (Lipinski definition) is 2. The third-order valence-corrected chi connectivity index (χ3v) is 6.39. The monoisotopic (exact) mass is 401 g/mol. The van der Waals surface area contributed by atoms with Crippen LogP contribution < -0.4 is 4.90 Å². The number of H-pyrrole nitrogens is 1. The van der Waals surface area contributed by atoms with Crippen molar-refractivity contribution < 1.29 is 14.7 Å². The Kier molecular flexibility index (Phi) is 5.36. The van der Waals surface area contributed by atoms with E-state index in [-0.39, 0.29) is 16.6 Å². The molecule has 0 aliphatic carbocycles. The van der Waals surface area contributed by atoms with Gasteiger partial charge < -0.3 is 15.0 Å². The van der Waals surface area contributed by atoms with E-state index in [2.05, 4.69) is 14.9 Å². The second-order valence-corrected chi connectivity index (χ2v) is 7.89. The summed E-state index contributed by atoms with van der Waals surface area (Å²) in [6.45, 7) is 3.29. The fourth-order valence-corrected chi connectivity index (χ4v) is 4.21. The number of carboxylic acids is 1. The zero-order valence-corrected chi connectivity index (χ0v) is 15.8. The number of rotatable bonds is 5. The molecule has 3 heterocycles. The summed E-state index contributed by atoms with van der Waals surface area (Å²) in [6.07, 6.45) is 3.50. The first-order valence-corrected chi connectivity index (χ1v) is 9.45. The van der Waals surface area contributed by atoms with E-state index in [0.717, 1.165) is 31.1 Å². The molecule has 0 aromatic carbocycles. The van der Waals surface area contributed by atoms with Gasteiger partial charge in [0.1, 0.15) is 10.6 Å². The van der Waals surface area contributed by atoms with Crippen molar-refractivity contribution >= 4 is 51.4 Å². The fourth-order valence-electron chi connectivity index (χ4n) is 2.97. The topological polar surface area (TPSA) is 86.3 Å². The zero-order chi connectivity index (χ0) is 18.1. The van der Waals surface area contributed by atoms with Crippen molar-refractivity contribution in [3.05, 3.63) is 32.5 Å². The Morgan fingerprint density at radius 2 is 2.04 bits per heavy atom. The number of carbonyl (C=O) groups is 2. The van der Waals surface area contributed by atoms with E-state index in [1.807, 2.05) is 0 Å². The second kappa shape index (κ2) is 7.35. The molecule has 0 radical (unpaired) electrons. The Morgan fingerprint density at radius 1 is 1.36 bits per heavy atom. The molecular weight excluding hydrogens is 385 g/mol. The molecule has 134 valence electrons. The van der Waals surface area contributed by atoms with E-state index in [1.54, 1.807) is 6.92 Å². The van der Waals surface area contributed by atoms with Crippen LogP contribution in [-0.2, 0) is 0 Å². The first-order chi connectivity index (χ1) is 11.9. The summed E-state index contributed by atoms with van der Waals surface area (Å²) in [4.78, 5) is 32.9. The van der Waals surface area contributed by atoms with E-state index in [4.69, 9.17) is 28.3 Å². The molecule has 1 fully saturated rings. The highest BCUT2D eigenvalue weighted by Crippen LogP contribution is 2.33. The number of thiazole rings is 1. The van der Waals surface area contributed by atoms with Crippen LogP contribution in [0.5, 0.6) is 0 Å². The van der Waals surface area contributed by atoms with Gasteiger partial charge in [-0.25, -0.2) is 9.78 Å². The van der Waals surface area contributed by atoms with E-state index in [1.165, 1.54) is 17.5 Å². The average molecular weight is 402 g/mol. The number of Topliss-reactive ketones (excluding diaryl/α,β-unsaturated/α-hetero) is 1. The predicted octanol–water partition coefficient (Wildman–Crippen LogP) is 4.27. The highest BCUT2D eigenvalue weighted by Gasteiger charge is 2.26. The Balaban J connectivity index is 1.57. The number of hydrogen-bond acceptors (Lipinski definition) is 5. The number of aryl methyl sites for hydroxylation is 1. The lowest BCUT2D eigenvalue weighted by atomic mass is 9.91. The molecule has 25 heavy (non-hydrogen) atoms. The number of aromatic nitrogens is 2. The lowest BCUT2D eigenvalue weighted by Gasteiger charge is -2.31. The molecule has 0 bridgehead atoms. The molecule has 1 saturated heterocycles. The van der Waals surface area contributed by atoms with Crippen LogP contribution in [0.4, 0.5) is 5.13 Å². The molecule has 2 aromatic heterocycles. The van der Waals surface area contributed by atoms with Crippen LogP contribution in [0.15, 0.2) is 6.20 Å². The van der Waals surface area contributed by atoms with Gasteiger partial charge in [-0.15, -0.1) is 0 Å². The highest BCUT2D eigenvalue weighted by atomic mass is 35.5. The molecule has 3 rings (SSSR count). The third-order valence-electron chi connectivity index (χ3n) is 4.40. The van der Waals surface area contributed by atoms with Crippen molar-refractivity contribution in [2.24, 2.45) is 5.92 Å². The number of nitrogens with zero attached hydrogens (tertiary/aromatic N) is 2. The van der Waals surface area contributed by atoms with Crippen LogP contribution in [0.25, 0.3) is 0 Å². The van der Waals surface area contributed by atoms with Gasteiger partial charge in [0.2, 0.25) is 0 Å². The van der Waals surface area contributed by atoms with Gasteiger partial charge in [0.15, 0.2) is 10.9 Å². The Labute approximate surface area is 158 Å². The second-order valence-electron chi connectivity index (χ2n) is 6.12. The van der Waals surface area contributed by atoms with E-state index < -0.39 is 5.97 Å². The molecule has 9 heteroatoms. The maximum absolute atomic E-state index is 12.5. The van der Waals surface area contributed by atoms with Crippen molar-refractivity contribution in [2.45, 2.75) is 26.2 Å². The predicted molar refractivity (Wildman–Crippen MR) is 98.5 cm³/mol. The van der Waals surface area contributed by atoms with Gasteiger partial charge in [0.05, 0.1) is 16.2 Å². The average Bonchev–Trinajstić information content (AvgIpc) is 3.17. The Bertz CT molecular complexity index is 810. The molecule has 2 N–H and O–H groups in total. The molecule has 0 saturated carbocycles. The van der Waals surface area contributed by atoms with Crippen LogP contribution in [0.3, 0.4) is 0 Å². The van der Waals surface area contributed by atoms with Crippen molar-refractivity contribution in [1.29, 1.82) is 0 Å². The number of carbonyl (C=O) groups excluding carboxylic acids is 1. The number of ketones is 1. The summed E-state index contributed by atoms with van der Waals surface area (Å²) in [5.41, 5.74) is 1.08. The number of aromatic amines is 1.